The Morgan fingerprint density at radius 1 is 1.25 bits per heavy atom. The zero-order chi connectivity index (χ0) is 19.3. The Morgan fingerprint density at radius 3 is 2.96 bits per heavy atom. The van der Waals surface area contributed by atoms with Crippen LogP contribution in [0.3, 0.4) is 0 Å². The lowest BCUT2D eigenvalue weighted by Gasteiger charge is -2.32. The molecule has 1 fully saturated rings. The maximum Gasteiger partial charge on any atom is 0.253 e. The highest BCUT2D eigenvalue weighted by atomic mass is 19.1. The van der Waals surface area contributed by atoms with Gasteiger partial charge in [0.2, 0.25) is 0 Å². The summed E-state index contributed by atoms with van der Waals surface area (Å²) in [5.41, 5.74) is 1.52. The third-order valence-electron chi connectivity index (χ3n) is 5.00. The second-order valence-corrected chi connectivity index (χ2v) is 7.02. The van der Waals surface area contributed by atoms with Gasteiger partial charge in [-0.2, -0.15) is 0 Å². The molecule has 2 aromatic carbocycles. The number of piperidine rings is 1. The Kier molecular flexibility index (Phi) is 5.37. The van der Waals surface area contributed by atoms with Crippen molar-refractivity contribution in [3.8, 4) is 17.1 Å². The molecule has 2 heterocycles. The van der Waals surface area contributed by atoms with Crippen LogP contribution in [0.4, 0.5) is 4.39 Å². The summed E-state index contributed by atoms with van der Waals surface area (Å²) >= 11 is 0. The van der Waals surface area contributed by atoms with Gasteiger partial charge in [-0.3, -0.25) is 4.79 Å². The fraction of sp³-hybridized carbons (Fsp3) is 0.273. The highest BCUT2D eigenvalue weighted by Crippen LogP contribution is 2.23. The molecule has 6 heteroatoms. The first-order valence-corrected chi connectivity index (χ1v) is 9.47. The van der Waals surface area contributed by atoms with Crippen molar-refractivity contribution in [2.45, 2.75) is 12.8 Å². The van der Waals surface area contributed by atoms with Gasteiger partial charge in [0, 0.05) is 42.5 Å². The molecule has 0 saturated carbocycles. The predicted molar refractivity (Wildman–Crippen MR) is 105 cm³/mol. The van der Waals surface area contributed by atoms with E-state index in [1.807, 2.05) is 29.2 Å². The molecular formula is C22H22FN3O2. The van der Waals surface area contributed by atoms with E-state index < -0.39 is 0 Å². The second kappa shape index (κ2) is 8.25. The number of H-pyrrole nitrogens is 1. The van der Waals surface area contributed by atoms with E-state index in [1.165, 1.54) is 6.07 Å². The molecule has 1 aliphatic rings. The van der Waals surface area contributed by atoms with E-state index in [1.54, 1.807) is 30.6 Å². The van der Waals surface area contributed by atoms with Crippen LogP contribution in [0, 0.1) is 11.7 Å². The lowest BCUT2D eigenvalue weighted by Crippen LogP contribution is -2.41. The van der Waals surface area contributed by atoms with Crippen LogP contribution in [-0.4, -0.2) is 40.5 Å². The minimum absolute atomic E-state index is 0.00370. The minimum atomic E-state index is -0.360. The van der Waals surface area contributed by atoms with Crippen LogP contribution in [-0.2, 0) is 0 Å². The van der Waals surface area contributed by atoms with Crippen molar-refractivity contribution in [2.24, 2.45) is 5.92 Å². The van der Waals surface area contributed by atoms with Crippen LogP contribution in [0.15, 0.2) is 60.9 Å². The molecular weight excluding hydrogens is 357 g/mol. The normalized spacial score (nSPS) is 16.8. The molecule has 1 aromatic heterocycles. The van der Waals surface area contributed by atoms with Gasteiger partial charge in [0.15, 0.2) is 11.6 Å². The van der Waals surface area contributed by atoms with Gasteiger partial charge in [0.1, 0.15) is 5.82 Å². The van der Waals surface area contributed by atoms with E-state index in [-0.39, 0.29) is 23.4 Å². The van der Waals surface area contributed by atoms with E-state index in [9.17, 15) is 9.18 Å². The van der Waals surface area contributed by atoms with Crippen molar-refractivity contribution in [3.05, 3.63) is 72.3 Å². The summed E-state index contributed by atoms with van der Waals surface area (Å²) in [4.78, 5) is 22.2. The first-order valence-electron chi connectivity index (χ1n) is 9.47. The van der Waals surface area contributed by atoms with Crippen molar-refractivity contribution >= 4 is 5.91 Å². The number of nitrogens with zero attached hydrogens (tertiary/aromatic N) is 2. The molecule has 0 aliphatic carbocycles. The molecule has 5 nitrogen and oxygen atoms in total. The van der Waals surface area contributed by atoms with Crippen molar-refractivity contribution in [1.29, 1.82) is 0 Å². The molecule has 144 valence electrons. The second-order valence-electron chi connectivity index (χ2n) is 7.02. The number of hydrogen-bond acceptors (Lipinski definition) is 3. The van der Waals surface area contributed by atoms with Crippen LogP contribution in [0.25, 0.3) is 11.4 Å². The number of carbonyl (C=O) groups is 1. The average Bonchev–Trinajstić information content (AvgIpc) is 3.28. The number of para-hydroxylation sites is 1. The maximum atomic E-state index is 13.7. The molecule has 1 aliphatic heterocycles. The molecule has 1 N–H and O–H groups in total. The van der Waals surface area contributed by atoms with Crippen molar-refractivity contribution in [3.63, 3.8) is 0 Å². The van der Waals surface area contributed by atoms with Gasteiger partial charge in [-0.1, -0.05) is 24.3 Å². The van der Waals surface area contributed by atoms with Crippen LogP contribution in [0.2, 0.25) is 0 Å². The number of ether oxygens (including phenoxy) is 1. The maximum absolute atomic E-state index is 13.7. The Balaban J connectivity index is 1.41. The summed E-state index contributed by atoms with van der Waals surface area (Å²) in [6, 6.07) is 13.9. The van der Waals surface area contributed by atoms with Crippen LogP contribution < -0.4 is 4.74 Å². The molecule has 1 atom stereocenters. The number of benzene rings is 2. The molecule has 1 amide bonds. The Morgan fingerprint density at radius 2 is 2.14 bits per heavy atom. The van der Waals surface area contributed by atoms with Gasteiger partial charge in [-0.25, -0.2) is 9.37 Å². The van der Waals surface area contributed by atoms with E-state index in [0.29, 0.717) is 18.7 Å². The first kappa shape index (κ1) is 18.2. The average molecular weight is 379 g/mol. The standard InChI is InChI=1S/C22H22FN3O2/c23-19-8-1-2-9-20(19)28-15-16-5-4-12-26(14-16)22(27)18-7-3-6-17(13-18)21-24-10-11-25-21/h1-3,6-11,13,16H,4-5,12,14-15H2,(H,24,25). The fourth-order valence-electron chi connectivity index (χ4n) is 3.56. The fourth-order valence-corrected chi connectivity index (χ4v) is 3.56. The zero-order valence-corrected chi connectivity index (χ0v) is 15.5. The number of halogens is 1. The molecule has 4 rings (SSSR count). The van der Waals surface area contributed by atoms with E-state index in [4.69, 9.17) is 4.74 Å². The molecule has 0 radical (unpaired) electrons. The van der Waals surface area contributed by atoms with Crippen molar-refractivity contribution in [1.82, 2.24) is 14.9 Å². The van der Waals surface area contributed by atoms with Gasteiger partial charge in [-0.15, -0.1) is 0 Å². The van der Waals surface area contributed by atoms with Crippen LogP contribution in [0.1, 0.15) is 23.2 Å². The SMILES string of the molecule is O=C(c1cccc(-c2ncc[nH]2)c1)N1CCCC(COc2ccccc2F)C1. The van der Waals surface area contributed by atoms with E-state index in [2.05, 4.69) is 9.97 Å². The summed E-state index contributed by atoms with van der Waals surface area (Å²) in [5, 5.41) is 0. The molecule has 1 saturated heterocycles. The molecule has 28 heavy (non-hydrogen) atoms. The Hall–Kier alpha value is -3.15. The molecule has 1 unspecified atom stereocenters. The third-order valence-corrected chi connectivity index (χ3v) is 5.00. The van der Waals surface area contributed by atoms with Gasteiger partial charge in [0.25, 0.3) is 5.91 Å². The quantitative estimate of drug-likeness (QED) is 0.725. The third kappa shape index (κ3) is 4.06. The predicted octanol–water partition coefficient (Wildman–Crippen LogP) is 4.15. The Bertz CT molecular complexity index is 942. The van der Waals surface area contributed by atoms with E-state index >= 15 is 0 Å². The number of aromatic amines is 1. The number of hydrogen-bond donors (Lipinski definition) is 1. The number of amides is 1. The summed E-state index contributed by atoms with van der Waals surface area (Å²) in [6.07, 6.45) is 5.32. The Labute approximate surface area is 163 Å². The lowest BCUT2D eigenvalue weighted by molar-refractivity contribution is 0.0631. The number of rotatable bonds is 5. The number of imidazole rings is 1. The number of nitrogens with one attached hydrogen (secondary N) is 1. The highest BCUT2D eigenvalue weighted by Gasteiger charge is 2.25. The molecule has 3 aromatic rings. The van der Waals surface area contributed by atoms with Gasteiger partial charge in [0.05, 0.1) is 6.61 Å². The zero-order valence-electron chi connectivity index (χ0n) is 15.5. The number of carbonyl (C=O) groups excluding carboxylic acids is 1. The summed E-state index contributed by atoms with van der Waals surface area (Å²) < 4.78 is 19.4. The first-order chi connectivity index (χ1) is 13.7. The highest BCUT2D eigenvalue weighted by molar-refractivity contribution is 5.95. The van der Waals surface area contributed by atoms with Crippen molar-refractivity contribution in [2.75, 3.05) is 19.7 Å². The lowest BCUT2D eigenvalue weighted by atomic mass is 9.98. The van der Waals surface area contributed by atoms with E-state index in [0.717, 1.165) is 30.8 Å². The number of aromatic nitrogens is 2. The van der Waals surface area contributed by atoms with Crippen LogP contribution >= 0.6 is 0 Å². The van der Waals surface area contributed by atoms with Crippen LogP contribution in [0.5, 0.6) is 5.75 Å². The summed E-state index contributed by atoms with van der Waals surface area (Å²) in [5.74, 6) is 0.831. The minimum Gasteiger partial charge on any atom is -0.490 e. The number of likely N-dealkylation sites (tertiary alicyclic amines) is 1. The van der Waals surface area contributed by atoms with Gasteiger partial charge in [-0.05, 0) is 37.1 Å². The smallest absolute Gasteiger partial charge is 0.253 e. The van der Waals surface area contributed by atoms with Gasteiger partial charge < -0.3 is 14.6 Å². The topological polar surface area (TPSA) is 58.2 Å². The van der Waals surface area contributed by atoms with Crippen molar-refractivity contribution < 1.29 is 13.9 Å². The molecule has 0 spiro atoms. The monoisotopic (exact) mass is 379 g/mol. The summed E-state index contributed by atoms with van der Waals surface area (Å²) in [7, 11) is 0. The summed E-state index contributed by atoms with van der Waals surface area (Å²) in [6.45, 7) is 1.73. The molecule has 0 bridgehead atoms. The largest absolute Gasteiger partial charge is 0.490 e. The van der Waals surface area contributed by atoms with Gasteiger partial charge >= 0.3 is 0 Å².